The van der Waals surface area contributed by atoms with E-state index >= 15 is 0 Å². The number of carbonyl (C=O) groups is 4. The zero-order valence-electron chi connectivity index (χ0n) is 56.2. The first-order valence-corrected chi connectivity index (χ1v) is 38.6. The zero-order valence-corrected chi connectivity index (χ0v) is 57.9. The molecule has 0 aromatic carbocycles. The van der Waals surface area contributed by atoms with E-state index in [2.05, 4.69) is 34.6 Å². The topological polar surface area (TPSA) is 237 Å². The van der Waals surface area contributed by atoms with E-state index in [1.807, 2.05) is 0 Å². The molecule has 0 spiro atoms. The minimum atomic E-state index is -4.95. The molecule has 0 aromatic rings. The number of aliphatic hydroxyl groups excluding tert-OH is 1. The van der Waals surface area contributed by atoms with Gasteiger partial charge in [-0.2, -0.15) is 0 Å². The van der Waals surface area contributed by atoms with E-state index in [0.717, 1.165) is 109 Å². The van der Waals surface area contributed by atoms with Crippen LogP contribution in [0.5, 0.6) is 0 Å². The highest BCUT2D eigenvalue weighted by Gasteiger charge is 2.30. The second-order valence-electron chi connectivity index (χ2n) is 25.0. The van der Waals surface area contributed by atoms with E-state index in [9.17, 15) is 43.2 Å². The van der Waals surface area contributed by atoms with Crippen molar-refractivity contribution in [2.45, 2.75) is 368 Å². The van der Waals surface area contributed by atoms with Crippen molar-refractivity contribution in [1.29, 1.82) is 0 Å². The molecule has 2 unspecified atom stereocenters. The molecule has 19 heteroatoms. The average Bonchev–Trinajstić information content (AvgIpc) is 3.54. The van der Waals surface area contributed by atoms with Crippen LogP contribution in [0.25, 0.3) is 0 Å². The van der Waals surface area contributed by atoms with Gasteiger partial charge in [0.1, 0.15) is 19.3 Å². The van der Waals surface area contributed by atoms with Crippen LogP contribution in [-0.2, 0) is 65.4 Å². The van der Waals surface area contributed by atoms with Gasteiger partial charge in [-0.1, -0.05) is 298 Å². The molecule has 516 valence electrons. The van der Waals surface area contributed by atoms with Crippen LogP contribution in [0.15, 0.2) is 0 Å². The second kappa shape index (κ2) is 61.6. The van der Waals surface area contributed by atoms with Crippen LogP contribution in [0.1, 0.15) is 349 Å². The van der Waals surface area contributed by atoms with Crippen molar-refractivity contribution >= 4 is 39.5 Å². The van der Waals surface area contributed by atoms with Crippen molar-refractivity contribution in [1.82, 2.24) is 0 Å². The summed E-state index contributed by atoms with van der Waals surface area (Å²) in [7, 11) is -9.89. The Hall–Kier alpha value is -1.94. The largest absolute Gasteiger partial charge is 0.472 e. The Morgan fingerprint density at radius 2 is 0.529 bits per heavy atom. The number of aliphatic hydroxyl groups is 1. The minimum Gasteiger partial charge on any atom is -0.462 e. The van der Waals surface area contributed by atoms with Crippen molar-refractivity contribution in [2.75, 3.05) is 39.6 Å². The smallest absolute Gasteiger partial charge is 0.462 e. The quantitative estimate of drug-likeness (QED) is 0.0222. The fourth-order valence-electron chi connectivity index (χ4n) is 10.3. The fourth-order valence-corrected chi connectivity index (χ4v) is 11.9. The zero-order chi connectivity index (χ0) is 64.2. The fraction of sp³-hybridized carbons (Fsp3) is 0.941. The van der Waals surface area contributed by atoms with Crippen LogP contribution in [0.3, 0.4) is 0 Å². The van der Waals surface area contributed by atoms with E-state index in [1.165, 1.54) is 161 Å². The summed E-state index contributed by atoms with van der Waals surface area (Å²) >= 11 is 0. The monoisotopic (exact) mass is 1280 g/mol. The van der Waals surface area contributed by atoms with Gasteiger partial charge in [-0.15, -0.1) is 0 Å². The molecule has 5 atom stereocenters. The standard InChI is InChI=1S/C68H132O17P2/c1-6-9-12-15-18-20-22-23-24-25-26-27-28-29-30-32-39-44-49-54-68(73)85-64(58-79-66(71)52-47-42-37-34-33-36-40-45-50-61(4)5)60-83-87(76,77)81-56-62(69)55-80-86(74,75)82-59-63(57-78-65(70)51-46-41-35-17-14-11-8-3)84-67(72)53-48-43-38-31-21-19-16-13-10-7-2/h61-64,69H,6-60H2,1-5H3,(H,74,75)(H,76,77)/t62-,63+,64+/m0/s1. The molecule has 0 fully saturated rings. The van der Waals surface area contributed by atoms with E-state index in [1.54, 1.807) is 0 Å². The normalized spacial score (nSPS) is 14.1. The highest BCUT2D eigenvalue weighted by atomic mass is 31.2. The van der Waals surface area contributed by atoms with Gasteiger partial charge in [-0.05, 0) is 31.6 Å². The molecule has 87 heavy (non-hydrogen) atoms. The number of rotatable bonds is 68. The number of ether oxygens (including phenoxy) is 4. The molecule has 0 heterocycles. The molecule has 3 N–H and O–H groups in total. The predicted octanol–water partition coefficient (Wildman–Crippen LogP) is 19.4. The number of phosphoric ester groups is 2. The molecule has 17 nitrogen and oxygen atoms in total. The third-order valence-electron chi connectivity index (χ3n) is 15.8. The maximum absolute atomic E-state index is 13.0. The molecule has 0 bridgehead atoms. The molecule has 0 saturated heterocycles. The van der Waals surface area contributed by atoms with Crippen molar-refractivity contribution in [3.63, 3.8) is 0 Å². The number of hydrogen-bond acceptors (Lipinski definition) is 15. The molecule has 0 saturated carbocycles. The first-order valence-electron chi connectivity index (χ1n) is 35.6. The lowest BCUT2D eigenvalue weighted by Crippen LogP contribution is -2.30. The van der Waals surface area contributed by atoms with Gasteiger partial charge in [0.2, 0.25) is 0 Å². The molecule has 0 aliphatic heterocycles. The van der Waals surface area contributed by atoms with Gasteiger partial charge in [0.25, 0.3) is 0 Å². The highest BCUT2D eigenvalue weighted by Crippen LogP contribution is 2.45. The van der Waals surface area contributed by atoms with Crippen LogP contribution in [0.2, 0.25) is 0 Å². The van der Waals surface area contributed by atoms with Gasteiger partial charge in [-0.25, -0.2) is 9.13 Å². The molecule has 0 rings (SSSR count). The van der Waals surface area contributed by atoms with Gasteiger partial charge in [0.15, 0.2) is 12.2 Å². The van der Waals surface area contributed by atoms with Crippen LogP contribution in [0, 0.1) is 5.92 Å². The second-order valence-corrected chi connectivity index (χ2v) is 27.9. The Kier molecular flexibility index (Phi) is 60.2. The third kappa shape index (κ3) is 62.6. The molecule has 0 aromatic heterocycles. The summed E-state index contributed by atoms with van der Waals surface area (Å²) < 4.78 is 68.0. The number of phosphoric acid groups is 2. The molecule has 0 amide bonds. The summed E-state index contributed by atoms with van der Waals surface area (Å²) in [6, 6.07) is 0. The third-order valence-corrected chi connectivity index (χ3v) is 17.7. The Morgan fingerprint density at radius 3 is 0.782 bits per heavy atom. The molecule has 0 aliphatic rings. The number of carbonyl (C=O) groups excluding carboxylic acids is 4. The van der Waals surface area contributed by atoms with Gasteiger partial charge in [0.05, 0.1) is 26.4 Å². The molecular weight excluding hydrogens is 1150 g/mol. The Balaban J connectivity index is 5.16. The molecule has 0 radical (unpaired) electrons. The maximum Gasteiger partial charge on any atom is 0.472 e. The summed E-state index contributed by atoms with van der Waals surface area (Å²) in [6.45, 7) is 7.14. The van der Waals surface area contributed by atoms with Crippen LogP contribution in [0.4, 0.5) is 0 Å². The van der Waals surface area contributed by atoms with Crippen LogP contribution >= 0.6 is 15.6 Å². The summed E-state index contributed by atoms with van der Waals surface area (Å²) in [6.07, 6.45) is 47.4. The minimum absolute atomic E-state index is 0.106. The number of esters is 4. The summed E-state index contributed by atoms with van der Waals surface area (Å²) in [5.74, 6) is -1.41. The van der Waals surface area contributed by atoms with Gasteiger partial charge < -0.3 is 33.8 Å². The van der Waals surface area contributed by atoms with Crippen LogP contribution in [-0.4, -0.2) is 96.7 Å². The lowest BCUT2D eigenvalue weighted by atomic mass is 10.0. The van der Waals surface area contributed by atoms with E-state index in [4.69, 9.17) is 37.0 Å². The molecule has 0 aliphatic carbocycles. The molecular formula is C68H132O17P2. The lowest BCUT2D eigenvalue weighted by Gasteiger charge is -2.21. The summed E-state index contributed by atoms with van der Waals surface area (Å²) in [5.41, 5.74) is 0. The predicted molar refractivity (Wildman–Crippen MR) is 349 cm³/mol. The lowest BCUT2D eigenvalue weighted by molar-refractivity contribution is -0.161. The van der Waals surface area contributed by atoms with E-state index < -0.39 is 97.5 Å². The SMILES string of the molecule is CCCCCCCCCCCCCCCCCCCCCC(=O)O[C@H](COC(=O)CCCCCCCCCCC(C)C)COP(=O)(O)OC[C@@H](O)COP(=O)(O)OC[C@@H](COC(=O)CCCCCCCCC)OC(=O)CCCCCCCCCCCC. The van der Waals surface area contributed by atoms with Crippen molar-refractivity contribution in [2.24, 2.45) is 5.92 Å². The summed E-state index contributed by atoms with van der Waals surface area (Å²) in [4.78, 5) is 72.2. The first-order chi connectivity index (χ1) is 42.0. The van der Waals surface area contributed by atoms with E-state index in [0.29, 0.717) is 25.7 Å². The Bertz CT molecular complexity index is 1690. The van der Waals surface area contributed by atoms with Gasteiger partial charge >= 0.3 is 39.5 Å². The Labute approximate surface area is 530 Å². The number of hydrogen-bond donors (Lipinski definition) is 3. The Morgan fingerprint density at radius 1 is 0.310 bits per heavy atom. The van der Waals surface area contributed by atoms with Crippen molar-refractivity contribution in [3.05, 3.63) is 0 Å². The van der Waals surface area contributed by atoms with Gasteiger partial charge in [0, 0.05) is 25.7 Å². The average molecular weight is 1280 g/mol. The first kappa shape index (κ1) is 85.1. The maximum atomic E-state index is 13.0. The van der Waals surface area contributed by atoms with Gasteiger partial charge in [-0.3, -0.25) is 37.3 Å². The van der Waals surface area contributed by atoms with Crippen LogP contribution < -0.4 is 0 Å². The highest BCUT2D eigenvalue weighted by molar-refractivity contribution is 7.47. The van der Waals surface area contributed by atoms with Crippen molar-refractivity contribution < 1.29 is 80.2 Å². The number of unbranched alkanes of at least 4 members (excludes halogenated alkanes) is 40. The van der Waals surface area contributed by atoms with E-state index in [-0.39, 0.29) is 25.7 Å². The summed E-state index contributed by atoms with van der Waals surface area (Å²) in [5, 5.41) is 10.5. The van der Waals surface area contributed by atoms with Crippen molar-refractivity contribution in [3.8, 4) is 0 Å².